The van der Waals surface area contributed by atoms with Gasteiger partial charge in [-0.3, -0.25) is 9.59 Å². The van der Waals surface area contributed by atoms with Crippen LogP contribution in [0.15, 0.2) is 42.5 Å². The molecule has 5 nitrogen and oxygen atoms in total. The summed E-state index contributed by atoms with van der Waals surface area (Å²) in [7, 11) is 1.56. The van der Waals surface area contributed by atoms with Crippen LogP contribution in [0.1, 0.15) is 23.6 Å². The van der Waals surface area contributed by atoms with Crippen molar-refractivity contribution in [2.45, 2.75) is 33.4 Å². The van der Waals surface area contributed by atoms with Crippen LogP contribution in [-0.2, 0) is 16.1 Å². The maximum atomic E-state index is 12.8. The fourth-order valence-electron chi connectivity index (χ4n) is 2.73. The lowest BCUT2D eigenvalue weighted by Gasteiger charge is -2.28. The van der Waals surface area contributed by atoms with Crippen LogP contribution in [0.2, 0.25) is 5.02 Å². The average molecular weight is 389 g/mol. The number of hydrogen-bond donors (Lipinski definition) is 1. The monoisotopic (exact) mass is 388 g/mol. The van der Waals surface area contributed by atoms with Gasteiger partial charge in [0.2, 0.25) is 5.91 Å². The molecule has 0 aliphatic rings. The highest BCUT2D eigenvalue weighted by Gasteiger charge is 2.25. The number of ether oxygens (including phenoxy) is 1. The van der Waals surface area contributed by atoms with E-state index in [1.54, 1.807) is 32.2 Å². The molecule has 1 N–H and O–H groups in total. The lowest BCUT2D eigenvalue weighted by atomic mass is 10.1. The highest BCUT2D eigenvalue weighted by atomic mass is 35.5. The molecule has 0 aliphatic carbocycles. The van der Waals surface area contributed by atoms with E-state index in [0.29, 0.717) is 17.3 Å². The summed E-state index contributed by atoms with van der Waals surface area (Å²) in [5, 5.41) is 3.24. The number of carbonyl (C=O) groups excluding carboxylic acids is 2. The van der Waals surface area contributed by atoms with Gasteiger partial charge in [0.1, 0.15) is 11.8 Å². The van der Waals surface area contributed by atoms with Crippen molar-refractivity contribution in [2.24, 2.45) is 0 Å². The van der Waals surface area contributed by atoms with E-state index in [4.69, 9.17) is 16.3 Å². The second kappa shape index (κ2) is 9.42. The molecule has 0 spiro atoms. The predicted octanol–water partition coefficient (Wildman–Crippen LogP) is 3.50. The van der Waals surface area contributed by atoms with Crippen LogP contribution in [0.3, 0.4) is 0 Å². The molecule has 2 amide bonds. The first kappa shape index (κ1) is 20.8. The molecule has 0 fully saturated rings. The van der Waals surface area contributed by atoms with Gasteiger partial charge >= 0.3 is 0 Å². The van der Waals surface area contributed by atoms with Crippen molar-refractivity contribution in [3.63, 3.8) is 0 Å². The number of hydrogen-bond acceptors (Lipinski definition) is 3. The van der Waals surface area contributed by atoms with E-state index in [-0.39, 0.29) is 18.4 Å². The van der Waals surface area contributed by atoms with Crippen molar-refractivity contribution in [3.8, 4) is 5.75 Å². The van der Waals surface area contributed by atoms with Crippen molar-refractivity contribution in [1.82, 2.24) is 10.2 Å². The van der Waals surface area contributed by atoms with E-state index in [1.165, 1.54) is 4.90 Å². The lowest BCUT2D eigenvalue weighted by molar-refractivity contribution is -0.142. The van der Waals surface area contributed by atoms with Crippen LogP contribution < -0.4 is 10.1 Å². The van der Waals surface area contributed by atoms with Gasteiger partial charge < -0.3 is 15.0 Å². The number of rotatable bonds is 7. The summed E-state index contributed by atoms with van der Waals surface area (Å²) in [6, 6.07) is 12.5. The highest BCUT2D eigenvalue weighted by Crippen LogP contribution is 2.21. The van der Waals surface area contributed by atoms with Gasteiger partial charge in [-0.2, -0.15) is 0 Å². The Labute approximate surface area is 165 Å². The van der Waals surface area contributed by atoms with E-state index < -0.39 is 6.04 Å². The summed E-state index contributed by atoms with van der Waals surface area (Å²) in [6.07, 6.45) is 0. The number of carbonyl (C=O) groups is 2. The fourth-order valence-corrected chi connectivity index (χ4v) is 2.85. The molecular formula is C21H25ClN2O3. The normalized spacial score (nSPS) is 11.6. The highest BCUT2D eigenvalue weighted by molar-refractivity contribution is 6.31. The molecule has 2 aromatic carbocycles. The Morgan fingerprint density at radius 3 is 2.56 bits per heavy atom. The zero-order chi connectivity index (χ0) is 20.0. The zero-order valence-corrected chi connectivity index (χ0v) is 16.8. The molecule has 0 aliphatic heterocycles. The van der Waals surface area contributed by atoms with Crippen molar-refractivity contribution in [3.05, 3.63) is 64.2 Å². The maximum Gasteiger partial charge on any atom is 0.261 e. The van der Waals surface area contributed by atoms with E-state index in [2.05, 4.69) is 5.32 Å². The first-order chi connectivity index (χ1) is 12.8. The number of nitrogens with one attached hydrogen (secondary N) is 1. The predicted molar refractivity (Wildman–Crippen MR) is 107 cm³/mol. The molecule has 6 heteroatoms. The van der Waals surface area contributed by atoms with Crippen LogP contribution in [0, 0.1) is 13.8 Å². The molecule has 0 saturated heterocycles. The zero-order valence-electron chi connectivity index (χ0n) is 16.1. The Kier molecular flexibility index (Phi) is 7.25. The number of benzene rings is 2. The Balaban J connectivity index is 2.14. The second-order valence-corrected chi connectivity index (χ2v) is 6.91. The molecule has 0 radical (unpaired) electrons. The van der Waals surface area contributed by atoms with Gasteiger partial charge in [0, 0.05) is 18.6 Å². The third kappa shape index (κ3) is 5.73. The van der Waals surface area contributed by atoms with Crippen molar-refractivity contribution in [2.75, 3.05) is 13.7 Å². The summed E-state index contributed by atoms with van der Waals surface area (Å²) in [4.78, 5) is 26.4. The summed E-state index contributed by atoms with van der Waals surface area (Å²) in [5.41, 5.74) is 2.93. The quantitative estimate of drug-likeness (QED) is 0.789. The number of amides is 2. The smallest absolute Gasteiger partial charge is 0.261 e. The molecule has 0 bridgehead atoms. The van der Waals surface area contributed by atoms with Crippen LogP contribution in [0.4, 0.5) is 0 Å². The molecule has 0 saturated carbocycles. The van der Waals surface area contributed by atoms with Gasteiger partial charge in [-0.15, -0.1) is 0 Å². The Bertz CT molecular complexity index is 823. The molecule has 0 aromatic heterocycles. The third-order valence-corrected chi connectivity index (χ3v) is 4.76. The van der Waals surface area contributed by atoms with Crippen LogP contribution in [-0.4, -0.2) is 36.4 Å². The average Bonchev–Trinajstić information content (AvgIpc) is 2.65. The van der Waals surface area contributed by atoms with Crippen LogP contribution in [0.25, 0.3) is 0 Å². The summed E-state index contributed by atoms with van der Waals surface area (Å²) >= 11 is 6.01. The molecule has 0 heterocycles. The standard InChI is InChI=1S/C21H25ClN2O3/c1-14-6-5-7-17(10-14)12-24(16(3)21(26)23-4)20(25)13-27-18-8-9-19(22)15(2)11-18/h5-11,16H,12-13H2,1-4H3,(H,23,26)/t16-/m1/s1. The molecule has 2 rings (SSSR count). The number of likely N-dealkylation sites (N-methyl/N-ethyl adjacent to an activating group) is 1. The fraction of sp³-hybridized carbons (Fsp3) is 0.333. The van der Waals surface area contributed by atoms with Crippen molar-refractivity contribution in [1.29, 1.82) is 0 Å². The minimum absolute atomic E-state index is 0.159. The van der Waals surface area contributed by atoms with Crippen LogP contribution >= 0.6 is 11.6 Å². The van der Waals surface area contributed by atoms with Gasteiger partial charge in [0.05, 0.1) is 0 Å². The molecule has 144 valence electrons. The van der Waals surface area contributed by atoms with E-state index in [0.717, 1.165) is 16.7 Å². The summed E-state index contributed by atoms with van der Waals surface area (Å²) < 4.78 is 5.63. The molecule has 0 unspecified atom stereocenters. The molecule has 27 heavy (non-hydrogen) atoms. The first-order valence-electron chi connectivity index (χ1n) is 8.77. The Morgan fingerprint density at radius 1 is 1.19 bits per heavy atom. The summed E-state index contributed by atoms with van der Waals surface area (Å²) in [6.45, 7) is 5.74. The second-order valence-electron chi connectivity index (χ2n) is 6.50. The van der Waals surface area contributed by atoms with Crippen molar-refractivity contribution < 1.29 is 14.3 Å². The van der Waals surface area contributed by atoms with Crippen molar-refractivity contribution >= 4 is 23.4 Å². The Morgan fingerprint density at radius 2 is 1.93 bits per heavy atom. The first-order valence-corrected chi connectivity index (χ1v) is 9.15. The van der Waals surface area contributed by atoms with E-state index in [1.807, 2.05) is 38.1 Å². The number of aryl methyl sites for hydroxylation is 2. The minimum atomic E-state index is -0.612. The van der Waals surface area contributed by atoms with Gasteiger partial charge in [0.15, 0.2) is 6.61 Å². The SMILES string of the molecule is CNC(=O)[C@@H](C)N(Cc1cccc(C)c1)C(=O)COc1ccc(Cl)c(C)c1. The molecular weight excluding hydrogens is 364 g/mol. The van der Waals surface area contributed by atoms with Gasteiger partial charge in [-0.25, -0.2) is 0 Å². The van der Waals surface area contributed by atoms with Gasteiger partial charge in [-0.05, 0) is 50.1 Å². The van der Waals surface area contributed by atoms with Crippen LogP contribution in [0.5, 0.6) is 5.75 Å². The molecule has 2 aromatic rings. The third-order valence-electron chi connectivity index (χ3n) is 4.34. The topological polar surface area (TPSA) is 58.6 Å². The largest absolute Gasteiger partial charge is 0.484 e. The van der Waals surface area contributed by atoms with Gasteiger partial charge in [0.25, 0.3) is 5.91 Å². The van der Waals surface area contributed by atoms with E-state index in [9.17, 15) is 9.59 Å². The maximum absolute atomic E-state index is 12.8. The minimum Gasteiger partial charge on any atom is -0.484 e. The number of nitrogens with zero attached hydrogens (tertiary/aromatic N) is 1. The molecule has 1 atom stereocenters. The number of halogens is 1. The van der Waals surface area contributed by atoms with E-state index >= 15 is 0 Å². The van der Waals surface area contributed by atoms with Gasteiger partial charge in [-0.1, -0.05) is 41.4 Å². The Hall–Kier alpha value is -2.53. The lowest BCUT2D eigenvalue weighted by Crippen LogP contribution is -2.48. The summed E-state index contributed by atoms with van der Waals surface area (Å²) in [5.74, 6) is 0.0758.